The Kier molecular flexibility index (Phi) is 3.84. The van der Waals surface area contributed by atoms with Crippen molar-refractivity contribution in [3.63, 3.8) is 0 Å². The highest BCUT2D eigenvalue weighted by Crippen LogP contribution is 2.38. The molecule has 1 saturated carbocycles. The molecule has 1 aliphatic heterocycles. The highest BCUT2D eigenvalue weighted by atomic mass is 15.3. The molecular weight excluding hydrogens is 238 g/mol. The van der Waals surface area contributed by atoms with Crippen LogP contribution in [0, 0.1) is 5.41 Å². The molecule has 1 aromatic rings. The third-order valence-electron chi connectivity index (χ3n) is 4.69. The molecule has 0 spiro atoms. The van der Waals surface area contributed by atoms with Crippen LogP contribution in [-0.2, 0) is 13.1 Å². The summed E-state index contributed by atoms with van der Waals surface area (Å²) in [6.45, 7) is 8.81. The Morgan fingerprint density at radius 1 is 1.32 bits per heavy atom. The highest BCUT2D eigenvalue weighted by molar-refractivity contribution is 4.94. The lowest BCUT2D eigenvalue weighted by Gasteiger charge is -2.37. The standard InChI is InChI=1S/C14H25N5/c1-2-15-10-14(5-3-4-6-14)11-18-7-8-19-12-16-17-13(19)9-18/h12,15H,2-11H2,1H3. The van der Waals surface area contributed by atoms with Gasteiger partial charge in [-0.05, 0) is 24.8 Å². The summed E-state index contributed by atoms with van der Waals surface area (Å²) in [6, 6.07) is 0. The van der Waals surface area contributed by atoms with Crippen molar-refractivity contribution < 1.29 is 0 Å². The summed E-state index contributed by atoms with van der Waals surface area (Å²) in [6.07, 6.45) is 7.41. The van der Waals surface area contributed by atoms with Crippen molar-refractivity contribution >= 4 is 0 Å². The summed E-state index contributed by atoms with van der Waals surface area (Å²) in [5.41, 5.74) is 0.498. The Morgan fingerprint density at radius 3 is 2.95 bits per heavy atom. The Balaban J connectivity index is 1.63. The molecule has 106 valence electrons. The molecule has 0 aromatic carbocycles. The third-order valence-corrected chi connectivity index (χ3v) is 4.69. The van der Waals surface area contributed by atoms with Crippen LogP contribution in [0.2, 0.25) is 0 Å². The van der Waals surface area contributed by atoms with Gasteiger partial charge in [-0.15, -0.1) is 10.2 Å². The first-order valence-corrected chi connectivity index (χ1v) is 7.61. The fraction of sp³-hybridized carbons (Fsp3) is 0.857. The number of nitrogens with one attached hydrogen (secondary N) is 1. The van der Waals surface area contributed by atoms with E-state index >= 15 is 0 Å². The SMILES string of the molecule is CCNCC1(CN2CCn3cnnc3C2)CCCC1. The molecule has 2 heterocycles. The van der Waals surface area contributed by atoms with Crippen LogP contribution >= 0.6 is 0 Å². The zero-order valence-electron chi connectivity index (χ0n) is 11.9. The molecule has 0 radical (unpaired) electrons. The van der Waals surface area contributed by atoms with Crippen LogP contribution in [0.1, 0.15) is 38.4 Å². The topological polar surface area (TPSA) is 46.0 Å². The molecular formula is C14H25N5. The van der Waals surface area contributed by atoms with Gasteiger partial charge in [-0.2, -0.15) is 0 Å². The molecule has 0 unspecified atom stereocenters. The minimum Gasteiger partial charge on any atom is -0.316 e. The molecule has 1 aliphatic carbocycles. The molecule has 5 nitrogen and oxygen atoms in total. The van der Waals surface area contributed by atoms with E-state index < -0.39 is 0 Å². The van der Waals surface area contributed by atoms with Gasteiger partial charge in [-0.3, -0.25) is 4.90 Å². The van der Waals surface area contributed by atoms with Gasteiger partial charge < -0.3 is 9.88 Å². The highest BCUT2D eigenvalue weighted by Gasteiger charge is 2.36. The van der Waals surface area contributed by atoms with Crippen LogP contribution in [0.5, 0.6) is 0 Å². The number of hydrogen-bond donors (Lipinski definition) is 1. The Morgan fingerprint density at radius 2 is 2.16 bits per heavy atom. The van der Waals surface area contributed by atoms with Crippen LogP contribution in [0.3, 0.4) is 0 Å². The van der Waals surface area contributed by atoms with Gasteiger partial charge in [-0.1, -0.05) is 19.8 Å². The number of fused-ring (bicyclic) bond motifs is 1. The van der Waals surface area contributed by atoms with E-state index in [0.717, 1.165) is 32.0 Å². The molecule has 1 aromatic heterocycles. The van der Waals surface area contributed by atoms with Crippen LogP contribution < -0.4 is 5.32 Å². The van der Waals surface area contributed by atoms with E-state index in [1.54, 1.807) is 0 Å². The van der Waals surface area contributed by atoms with E-state index in [0.29, 0.717) is 5.41 Å². The number of aromatic nitrogens is 3. The van der Waals surface area contributed by atoms with Crippen LogP contribution in [0.25, 0.3) is 0 Å². The number of hydrogen-bond acceptors (Lipinski definition) is 4. The van der Waals surface area contributed by atoms with Gasteiger partial charge in [0.15, 0.2) is 0 Å². The molecule has 19 heavy (non-hydrogen) atoms. The molecule has 0 amide bonds. The molecule has 0 saturated heterocycles. The third kappa shape index (κ3) is 2.82. The molecule has 1 N–H and O–H groups in total. The lowest BCUT2D eigenvalue weighted by Crippen LogP contribution is -2.45. The van der Waals surface area contributed by atoms with Gasteiger partial charge >= 0.3 is 0 Å². The second-order valence-corrected chi connectivity index (χ2v) is 6.14. The minimum absolute atomic E-state index is 0.498. The second-order valence-electron chi connectivity index (χ2n) is 6.14. The average molecular weight is 263 g/mol. The minimum atomic E-state index is 0.498. The lowest BCUT2D eigenvalue weighted by atomic mass is 9.85. The van der Waals surface area contributed by atoms with E-state index in [1.165, 1.54) is 38.8 Å². The van der Waals surface area contributed by atoms with Crippen molar-refractivity contribution in [2.45, 2.75) is 45.7 Å². The van der Waals surface area contributed by atoms with Gasteiger partial charge in [0.05, 0.1) is 6.54 Å². The number of rotatable bonds is 5. The maximum Gasteiger partial charge on any atom is 0.147 e. The smallest absolute Gasteiger partial charge is 0.147 e. The van der Waals surface area contributed by atoms with Crippen molar-refractivity contribution in [2.75, 3.05) is 26.2 Å². The normalized spacial score (nSPS) is 22.6. The van der Waals surface area contributed by atoms with Crippen LogP contribution in [0.4, 0.5) is 0 Å². The molecule has 1 fully saturated rings. The van der Waals surface area contributed by atoms with Crippen LogP contribution in [0.15, 0.2) is 6.33 Å². The molecule has 3 rings (SSSR count). The quantitative estimate of drug-likeness (QED) is 0.869. The maximum atomic E-state index is 4.22. The summed E-state index contributed by atoms with van der Waals surface area (Å²) in [4.78, 5) is 2.58. The molecule has 0 atom stereocenters. The Labute approximate surface area is 115 Å². The van der Waals surface area contributed by atoms with Crippen molar-refractivity contribution in [1.29, 1.82) is 0 Å². The first kappa shape index (κ1) is 13.1. The first-order valence-electron chi connectivity index (χ1n) is 7.61. The van der Waals surface area contributed by atoms with Gasteiger partial charge in [-0.25, -0.2) is 0 Å². The van der Waals surface area contributed by atoms with Gasteiger partial charge in [0.25, 0.3) is 0 Å². The van der Waals surface area contributed by atoms with E-state index in [9.17, 15) is 0 Å². The maximum absolute atomic E-state index is 4.22. The summed E-state index contributed by atoms with van der Waals surface area (Å²) in [5, 5.41) is 11.8. The van der Waals surface area contributed by atoms with Gasteiger partial charge in [0.2, 0.25) is 0 Å². The predicted octanol–water partition coefficient (Wildman–Crippen LogP) is 1.26. The van der Waals surface area contributed by atoms with E-state index in [2.05, 4.69) is 31.9 Å². The van der Waals surface area contributed by atoms with Crippen LogP contribution in [-0.4, -0.2) is 45.8 Å². The fourth-order valence-electron chi connectivity index (χ4n) is 3.63. The van der Waals surface area contributed by atoms with E-state index in [-0.39, 0.29) is 0 Å². The summed E-state index contributed by atoms with van der Waals surface area (Å²) < 4.78 is 2.18. The van der Waals surface area contributed by atoms with Crippen molar-refractivity contribution in [1.82, 2.24) is 25.0 Å². The average Bonchev–Trinajstić information content (AvgIpc) is 3.05. The van der Waals surface area contributed by atoms with Crippen molar-refractivity contribution in [2.24, 2.45) is 5.41 Å². The number of nitrogens with zero attached hydrogens (tertiary/aromatic N) is 4. The molecule has 2 aliphatic rings. The summed E-state index contributed by atoms with van der Waals surface area (Å²) in [5.74, 6) is 1.13. The van der Waals surface area contributed by atoms with Gasteiger partial charge in [0.1, 0.15) is 12.2 Å². The van der Waals surface area contributed by atoms with Gasteiger partial charge in [0, 0.05) is 26.2 Å². The fourth-order valence-corrected chi connectivity index (χ4v) is 3.63. The van der Waals surface area contributed by atoms with Crippen molar-refractivity contribution in [3.8, 4) is 0 Å². The molecule has 0 bridgehead atoms. The van der Waals surface area contributed by atoms with E-state index in [4.69, 9.17) is 0 Å². The lowest BCUT2D eigenvalue weighted by molar-refractivity contribution is 0.122. The molecule has 5 heteroatoms. The first-order chi connectivity index (χ1) is 9.31. The van der Waals surface area contributed by atoms with E-state index in [1.807, 2.05) is 6.33 Å². The zero-order chi connectivity index (χ0) is 13.1. The Bertz CT molecular complexity index is 408. The monoisotopic (exact) mass is 263 g/mol. The largest absolute Gasteiger partial charge is 0.316 e. The predicted molar refractivity (Wildman–Crippen MR) is 74.7 cm³/mol. The second kappa shape index (κ2) is 5.59. The summed E-state index contributed by atoms with van der Waals surface area (Å²) in [7, 11) is 0. The Hall–Kier alpha value is -0.940. The summed E-state index contributed by atoms with van der Waals surface area (Å²) >= 11 is 0. The zero-order valence-corrected chi connectivity index (χ0v) is 11.9. The van der Waals surface area contributed by atoms with Crippen molar-refractivity contribution in [3.05, 3.63) is 12.2 Å².